The molecule has 0 unspecified atom stereocenters. The van der Waals surface area contributed by atoms with Gasteiger partial charge in [0.05, 0.1) is 0 Å². The zero-order valence-corrected chi connectivity index (χ0v) is 17.4. The third kappa shape index (κ3) is 4.67. The highest BCUT2D eigenvalue weighted by Gasteiger charge is 2.24. The van der Waals surface area contributed by atoms with Crippen LogP contribution in [0.4, 0.5) is 0 Å². The van der Waals surface area contributed by atoms with E-state index in [1.54, 1.807) is 0 Å². The molecule has 0 heterocycles. The number of halogens is 1. The maximum absolute atomic E-state index is 6.00. The van der Waals surface area contributed by atoms with Gasteiger partial charge in [0.1, 0.15) is 0 Å². The van der Waals surface area contributed by atoms with Gasteiger partial charge in [-0.25, -0.2) is 0 Å². The predicted octanol–water partition coefficient (Wildman–Crippen LogP) is 8.47. The molecule has 3 aromatic carbocycles. The van der Waals surface area contributed by atoms with Crippen molar-refractivity contribution in [2.24, 2.45) is 5.92 Å². The minimum atomic E-state index is 0.668. The van der Waals surface area contributed by atoms with Gasteiger partial charge in [-0.05, 0) is 84.2 Å². The van der Waals surface area contributed by atoms with Crippen molar-refractivity contribution in [3.8, 4) is 11.1 Å². The monoisotopic (exact) mass is 388 g/mol. The zero-order valence-electron chi connectivity index (χ0n) is 16.7. The van der Waals surface area contributed by atoms with E-state index in [9.17, 15) is 0 Å². The molecule has 0 saturated heterocycles. The first-order valence-electron chi connectivity index (χ1n) is 10.6. The minimum absolute atomic E-state index is 0.668. The highest BCUT2D eigenvalue weighted by atomic mass is 35.5. The van der Waals surface area contributed by atoms with E-state index in [1.807, 2.05) is 12.1 Å². The van der Waals surface area contributed by atoms with Crippen molar-refractivity contribution < 1.29 is 0 Å². The van der Waals surface area contributed by atoms with E-state index in [2.05, 4.69) is 73.7 Å². The van der Waals surface area contributed by atoms with Crippen LogP contribution in [-0.2, 0) is 0 Å². The van der Waals surface area contributed by atoms with Crippen LogP contribution < -0.4 is 0 Å². The highest BCUT2D eigenvalue weighted by molar-refractivity contribution is 6.30. The average Bonchev–Trinajstić information content (AvgIpc) is 2.76. The molecule has 0 N–H and O–H groups in total. The molecule has 0 amide bonds. The molecule has 0 aromatic heterocycles. The lowest BCUT2D eigenvalue weighted by Crippen LogP contribution is -2.15. The first-order valence-corrected chi connectivity index (χ1v) is 11.0. The number of rotatable bonds is 5. The van der Waals surface area contributed by atoms with Crippen molar-refractivity contribution in [2.75, 3.05) is 0 Å². The molecule has 1 aliphatic carbocycles. The second-order valence-electron chi connectivity index (χ2n) is 8.39. The fraction of sp³-hybridized carbons (Fsp3) is 0.333. The fourth-order valence-corrected chi connectivity index (χ4v) is 4.87. The summed E-state index contributed by atoms with van der Waals surface area (Å²) < 4.78 is 0. The van der Waals surface area contributed by atoms with Crippen molar-refractivity contribution in [1.82, 2.24) is 0 Å². The molecule has 0 radical (unpaired) electrons. The Morgan fingerprint density at radius 2 is 1.32 bits per heavy atom. The Kier molecular flexibility index (Phi) is 6.17. The van der Waals surface area contributed by atoms with Crippen LogP contribution in [0.1, 0.15) is 62.0 Å². The maximum atomic E-state index is 6.00. The van der Waals surface area contributed by atoms with Crippen molar-refractivity contribution in [2.45, 2.75) is 50.9 Å². The summed E-state index contributed by atoms with van der Waals surface area (Å²) in [6.07, 6.45) is 6.70. The van der Waals surface area contributed by atoms with Crippen LogP contribution in [0.25, 0.3) is 11.1 Å². The summed E-state index contributed by atoms with van der Waals surface area (Å²) in [5.74, 6) is 2.27. The third-order valence-corrected chi connectivity index (χ3v) is 6.71. The predicted molar refractivity (Wildman–Crippen MR) is 121 cm³/mol. The average molecular weight is 389 g/mol. The van der Waals surface area contributed by atoms with Crippen LogP contribution in [0, 0.1) is 5.92 Å². The molecular formula is C27H29Cl. The standard InChI is InChI=1S/C27H29Cl/c1-20(22-5-3-2-4-6-22)19-21-7-9-23(10-8-21)24-11-13-25(14-12-24)26-15-17-27(28)18-16-26/h2-6,11-18,20-21,23H,7-10,19H2,1H3/t20-,21?,23?/m1/s1. The number of hydrogen-bond donors (Lipinski definition) is 0. The Hall–Kier alpha value is -2.05. The Morgan fingerprint density at radius 1 is 0.750 bits per heavy atom. The minimum Gasteiger partial charge on any atom is -0.0843 e. The lowest BCUT2D eigenvalue weighted by atomic mass is 9.75. The van der Waals surface area contributed by atoms with Crippen LogP contribution in [0.2, 0.25) is 5.02 Å². The maximum Gasteiger partial charge on any atom is 0.0406 e. The van der Waals surface area contributed by atoms with Crippen molar-refractivity contribution in [3.05, 3.63) is 95.0 Å². The van der Waals surface area contributed by atoms with Crippen LogP contribution >= 0.6 is 11.6 Å². The molecule has 0 nitrogen and oxygen atoms in total. The van der Waals surface area contributed by atoms with Crippen LogP contribution in [0.15, 0.2) is 78.9 Å². The van der Waals surface area contributed by atoms with Gasteiger partial charge in [-0.2, -0.15) is 0 Å². The molecule has 3 aromatic rings. The topological polar surface area (TPSA) is 0 Å². The van der Waals surface area contributed by atoms with E-state index >= 15 is 0 Å². The zero-order chi connectivity index (χ0) is 19.3. The summed E-state index contributed by atoms with van der Waals surface area (Å²) in [5.41, 5.74) is 5.50. The summed E-state index contributed by atoms with van der Waals surface area (Å²) in [7, 11) is 0. The molecule has 0 bridgehead atoms. The van der Waals surface area contributed by atoms with Gasteiger partial charge in [-0.3, -0.25) is 0 Å². The van der Waals surface area contributed by atoms with E-state index in [-0.39, 0.29) is 0 Å². The second-order valence-corrected chi connectivity index (χ2v) is 8.83. The summed E-state index contributed by atoms with van der Waals surface area (Å²) in [6.45, 7) is 2.39. The number of benzene rings is 3. The molecule has 4 rings (SSSR count). The Bertz CT molecular complexity index is 856. The molecule has 1 atom stereocenters. The summed E-state index contributed by atoms with van der Waals surface area (Å²) in [5, 5.41) is 0.790. The van der Waals surface area contributed by atoms with Gasteiger partial charge in [0.2, 0.25) is 0 Å². The molecule has 1 aliphatic rings. The SMILES string of the molecule is C[C@H](CC1CCC(c2ccc(-c3ccc(Cl)cc3)cc2)CC1)c1ccccc1. The quantitative estimate of drug-likeness (QED) is 0.411. The van der Waals surface area contributed by atoms with Crippen LogP contribution in [-0.4, -0.2) is 0 Å². The lowest BCUT2D eigenvalue weighted by molar-refractivity contribution is 0.297. The summed E-state index contributed by atoms with van der Waals surface area (Å²) >= 11 is 6.00. The van der Waals surface area contributed by atoms with Gasteiger partial charge in [0.15, 0.2) is 0 Å². The van der Waals surface area contributed by atoms with Gasteiger partial charge in [-0.1, -0.05) is 85.3 Å². The Morgan fingerprint density at radius 3 is 1.93 bits per heavy atom. The second kappa shape index (κ2) is 8.97. The smallest absolute Gasteiger partial charge is 0.0406 e. The third-order valence-electron chi connectivity index (χ3n) is 6.46. The van der Waals surface area contributed by atoms with E-state index < -0.39 is 0 Å². The summed E-state index contributed by atoms with van der Waals surface area (Å²) in [4.78, 5) is 0. The van der Waals surface area contributed by atoms with Gasteiger partial charge >= 0.3 is 0 Å². The fourth-order valence-electron chi connectivity index (χ4n) is 4.74. The van der Waals surface area contributed by atoms with Crippen molar-refractivity contribution in [3.63, 3.8) is 0 Å². The first kappa shape index (κ1) is 19.3. The molecule has 0 spiro atoms. The van der Waals surface area contributed by atoms with Crippen molar-refractivity contribution in [1.29, 1.82) is 0 Å². The Balaban J connectivity index is 1.33. The molecule has 0 aliphatic heterocycles. The summed E-state index contributed by atoms with van der Waals surface area (Å²) in [6, 6.07) is 28.3. The van der Waals surface area contributed by atoms with Crippen LogP contribution in [0.5, 0.6) is 0 Å². The van der Waals surface area contributed by atoms with Gasteiger partial charge in [-0.15, -0.1) is 0 Å². The van der Waals surface area contributed by atoms with Crippen LogP contribution in [0.3, 0.4) is 0 Å². The normalized spacial score (nSPS) is 20.6. The molecular weight excluding hydrogens is 360 g/mol. The van der Waals surface area contributed by atoms with Gasteiger partial charge < -0.3 is 0 Å². The van der Waals surface area contributed by atoms with Gasteiger partial charge in [0.25, 0.3) is 0 Å². The molecule has 1 saturated carbocycles. The number of hydrogen-bond acceptors (Lipinski definition) is 0. The molecule has 144 valence electrons. The molecule has 1 fully saturated rings. The first-order chi connectivity index (χ1) is 13.7. The van der Waals surface area contributed by atoms with E-state index in [0.29, 0.717) is 5.92 Å². The Labute approximate surface area is 174 Å². The van der Waals surface area contributed by atoms with E-state index in [1.165, 1.54) is 54.4 Å². The van der Waals surface area contributed by atoms with Crippen molar-refractivity contribution >= 4 is 11.6 Å². The highest BCUT2D eigenvalue weighted by Crippen LogP contribution is 2.40. The van der Waals surface area contributed by atoms with E-state index in [4.69, 9.17) is 11.6 Å². The lowest BCUT2D eigenvalue weighted by Gasteiger charge is -2.30. The molecule has 1 heteroatoms. The van der Waals surface area contributed by atoms with Gasteiger partial charge in [0, 0.05) is 5.02 Å². The largest absolute Gasteiger partial charge is 0.0843 e. The molecule has 28 heavy (non-hydrogen) atoms. The van der Waals surface area contributed by atoms with E-state index in [0.717, 1.165) is 16.9 Å².